The summed E-state index contributed by atoms with van der Waals surface area (Å²) in [6, 6.07) is 2.78. The minimum Gasteiger partial charge on any atom is -0.494 e. The van der Waals surface area contributed by atoms with Gasteiger partial charge < -0.3 is 29.7 Å². The number of methoxy groups -OCH3 is 1. The number of alkyl carbamates (subject to hydrolysis) is 1. The van der Waals surface area contributed by atoms with Crippen LogP contribution in [0.4, 0.5) is 9.18 Å². The van der Waals surface area contributed by atoms with Gasteiger partial charge in [-0.3, -0.25) is 4.98 Å². The average Bonchev–Trinajstić information content (AvgIpc) is 2.74. The number of nitrogens with one attached hydrogen (secondary N) is 1. The number of pyridine rings is 1. The number of rotatable bonds is 6. The summed E-state index contributed by atoms with van der Waals surface area (Å²) in [5.74, 6) is -0.732. The van der Waals surface area contributed by atoms with E-state index in [1.54, 1.807) is 26.8 Å². The van der Waals surface area contributed by atoms with Crippen LogP contribution >= 0.6 is 11.6 Å². The van der Waals surface area contributed by atoms with Gasteiger partial charge in [-0.15, -0.1) is 0 Å². The molecule has 1 aliphatic heterocycles. The SMILES string of the molecule is COc1ccc2ncc(Cl)c(C(O)C(O)CC3CCC(NC(=O)OC(C)(C)C)CO3)c2c1F. The topological polar surface area (TPSA) is 110 Å². The molecule has 1 fully saturated rings. The van der Waals surface area contributed by atoms with Crippen LogP contribution in [-0.2, 0) is 9.47 Å². The zero-order valence-electron chi connectivity index (χ0n) is 19.1. The van der Waals surface area contributed by atoms with E-state index in [0.29, 0.717) is 12.8 Å². The van der Waals surface area contributed by atoms with Crippen LogP contribution in [0.3, 0.4) is 0 Å². The number of benzene rings is 1. The Balaban J connectivity index is 1.65. The highest BCUT2D eigenvalue weighted by Gasteiger charge is 2.31. The predicted molar refractivity (Wildman–Crippen MR) is 121 cm³/mol. The molecular weight excluding hydrogens is 455 g/mol. The first kappa shape index (κ1) is 25.4. The third kappa shape index (κ3) is 6.23. The van der Waals surface area contributed by atoms with Gasteiger partial charge in [-0.1, -0.05) is 11.6 Å². The lowest BCUT2D eigenvalue weighted by Crippen LogP contribution is -2.45. The van der Waals surface area contributed by atoms with Crippen LogP contribution in [0, 0.1) is 5.82 Å². The molecule has 1 aromatic carbocycles. The van der Waals surface area contributed by atoms with E-state index in [9.17, 15) is 19.4 Å². The fourth-order valence-corrected chi connectivity index (χ4v) is 4.10. The molecule has 33 heavy (non-hydrogen) atoms. The fraction of sp³-hybridized carbons (Fsp3) is 0.565. The van der Waals surface area contributed by atoms with Crippen molar-refractivity contribution in [1.29, 1.82) is 0 Å². The average molecular weight is 485 g/mol. The summed E-state index contributed by atoms with van der Waals surface area (Å²) in [5, 5.41) is 24.4. The number of nitrogens with zero attached hydrogens (tertiary/aromatic N) is 1. The molecule has 1 amide bonds. The van der Waals surface area contributed by atoms with Gasteiger partial charge in [0.15, 0.2) is 11.6 Å². The summed E-state index contributed by atoms with van der Waals surface area (Å²) in [7, 11) is 1.33. The first-order chi connectivity index (χ1) is 15.5. The molecule has 2 aromatic rings. The monoisotopic (exact) mass is 484 g/mol. The summed E-state index contributed by atoms with van der Waals surface area (Å²) in [6.45, 7) is 5.60. The number of carbonyl (C=O) groups excluding carboxylic acids is 1. The second-order valence-corrected chi connectivity index (χ2v) is 9.53. The Labute approximate surface area is 197 Å². The number of aromatic nitrogens is 1. The molecule has 4 unspecified atom stereocenters. The zero-order valence-corrected chi connectivity index (χ0v) is 19.9. The van der Waals surface area contributed by atoms with E-state index in [2.05, 4.69) is 10.3 Å². The van der Waals surface area contributed by atoms with Crippen molar-refractivity contribution in [2.75, 3.05) is 13.7 Å². The molecule has 8 nitrogen and oxygen atoms in total. The lowest BCUT2D eigenvalue weighted by Gasteiger charge is -2.32. The number of hydrogen-bond acceptors (Lipinski definition) is 7. The van der Waals surface area contributed by atoms with Crippen LogP contribution in [0.1, 0.15) is 51.7 Å². The van der Waals surface area contributed by atoms with Crippen molar-refractivity contribution in [1.82, 2.24) is 10.3 Å². The Hall–Kier alpha value is -2.20. The van der Waals surface area contributed by atoms with Crippen LogP contribution in [-0.4, -0.2) is 58.9 Å². The Morgan fingerprint density at radius 3 is 2.70 bits per heavy atom. The fourth-order valence-electron chi connectivity index (χ4n) is 3.84. The summed E-state index contributed by atoms with van der Waals surface area (Å²) < 4.78 is 31.0. The molecule has 4 atom stereocenters. The van der Waals surface area contributed by atoms with Gasteiger partial charge in [0, 0.05) is 23.6 Å². The molecule has 182 valence electrons. The molecule has 1 saturated heterocycles. The number of amides is 1. The maximum atomic E-state index is 15.0. The Kier molecular flexibility index (Phi) is 8.00. The maximum Gasteiger partial charge on any atom is 0.407 e. The molecular formula is C23H30ClFN2O6. The highest BCUT2D eigenvalue weighted by molar-refractivity contribution is 6.32. The lowest BCUT2D eigenvalue weighted by molar-refractivity contribution is -0.0586. The smallest absolute Gasteiger partial charge is 0.407 e. The quantitative estimate of drug-likeness (QED) is 0.570. The van der Waals surface area contributed by atoms with Crippen LogP contribution in [0.5, 0.6) is 5.75 Å². The largest absolute Gasteiger partial charge is 0.494 e. The summed E-state index contributed by atoms with van der Waals surface area (Å²) in [5.41, 5.74) is -0.264. The molecule has 10 heteroatoms. The van der Waals surface area contributed by atoms with Gasteiger partial charge in [0.2, 0.25) is 0 Å². The summed E-state index contributed by atoms with van der Waals surface area (Å²) >= 11 is 6.24. The van der Waals surface area contributed by atoms with E-state index in [-0.39, 0.29) is 52.4 Å². The van der Waals surface area contributed by atoms with Gasteiger partial charge in [-0.25, -0.2) is 9.18 Å². The van der Waals surface area contributed by atoms with Crippen molar-refractivity contribution in [3.63, 3.8) is 0 Å². The van der Waals surface area contributed by atoms with E-state index < -0.39 is 29.7 Å². The normalized spacial score (nSPS) is 20.8. The number of hydrogen-bond donors (Lipinski definition) is 3. The van der Waals surface area contributed by atoms with Crippen molar-refractivity contribution < 1.29 is 33.6 Å². The van der Waals surface area contributed by atoms with Crippen LogP contribution in [0.2, 0.25) is 5.02 Å². The van der Waals surface area contributed by atoms with Gasteiger partial charge in [0.25, 0.3) is 0 Å². The van der Waals surface area contributed by atoms with Gasteiger partial charge in [0.05, 0.1) is 42.5 Å². The van der Waals surface area contributed by atoms with Crippen molar-refractivity contribution in [2.45, 2.75) is 70.0 Å². The minimum atomic E-state index is -1.47. The Morgan fingerprint density at radius 1 is 1.36 bits per heavy atom. The number of fused-ring (bicyclic) bond motifs is 1. The van der Waals surface area contributed by atoms with Gasteiger partial charge in [0.1, 0.15) is 11.7 Å². The number of carbonyl (C=O) groups is 1. The van der Waals surface area contributed by atoms with Gasteiger partial charge in [-0.05, 0) is 45.7 Å². The third-order valence-electron chi connectivity index (χ3n) is 5.40. The first-order valence-corrected chi connectivity index (χ1v) is 11.2. The number of halogens is 2. The molecule has 2 heterocycles. The van der Waals surface area contributed by atoms with Crippen molar-refractivity contribution in [2.24, 2.45) is 0 Å². The number of aliphatic hydroxyl groups excluding tert-OH is 2. The molecule has 0 radical (unpaired) electrons. The van der Waals surface area contributed by atoms with E-state index in [4.69, 9.17) is 25.8 Å². The molecule has 0 saturated carbocycles. The van der Waals surface area contributed by atoms with Crippen molar-refractivity contribution in [3.8, 4) is 5.75 Å². The highest BCUT2D eigenvalue weighted by atomic mass is 35.5. The van der Waals surface area contributed by atoms with E-state index in [0.717, 1.165) is 0 Å². The summed E-state index contributed by atoms with van der Waals surface area (Å²) in [6.07, 6.45) is -1.00. The standard InChI is InChI=1S/C23H30ClFN2O6/c1-23(2,3)33-22(30)27-12-5-6-13(32-11-12)9-16(28)21(29)18-14(24)10-26-15-7-8-17(31-4)20(25)19(15)18/h7-8,10,12-13,16,21,28-29H,5-6,9,11H2,1-4H3,(H,27,30). The highest BCUT2D eigenvalue weighted by Crippen LogP contribution is 2.37. The van der Waals surface area contributed by atoms with E-state index in [1.807, 2.05) is 0 Å². The maximum absolute atomic E-state index is 15.0. The lowest BCUT2D eigenvalue weighted by atomic mass is 9.93. The molecule has 0 bridgehead atoms. The summed E-state index contributed by atoms with van der Waals surface area (Å²) in [4.78, 5) is 16.0. The molecule has 1 aromatic heterocycles. The van der Waals surface area contributed by atoms with Crippen LogP contribution < -0.4 is 10.1 Å². The minimum absolute atomic E-state index is 0.000382. The molecule has 0 aliphatic carbocycles. The second kappa shape index (κ2) is 10.4. The van der Waals surface area contributed by atoms with E-state index in [1.165, 1.54) is 19.4 Å². The first-order valence-electron chi connectivity index (χ1n) is 10.8. The van der Waals surface area contributed by atoms with Crippen LogP contribution in [0.15, 0.2) is 18.3 Å². The molecule has 1 aliphatic rings. The van der Waals surface area contributed by atoms with Crippen molar-refractivity contribution >= 4 is 28.6 Å². The molecule has 3 N–H and O–H groups in total. The molecule has 0 spiro atoms. The number of aliphatic hydroxyl groups is 2. The van der Waals surface area contributed by atoms with E-state index >= 15 is 0 Å². The Bertz CT molecular complexity index is 991. The van der Waals surface area contributed by atoms with Gasteiger partial charge in [-0.2, -0.15) is 0 Å². The Morgan fingerprint density at radius 2 is 2.09 bits per heavy atom. The van der Waals surface area contributed by atoms with Crippen molar-refractivity contribution in [3.05, 3.63) is 34.7 Å². The predicted octanol–water partition coefficient (Wildman–Crippen LogP) is 3.89. The zero-order chi connectivity index (χ0) is 24.3. The molecule has 3 rings (SSSR count). The number of ether oxygens (including phenoxy) is 3. The van der Waals surface area contributed by atoms with Gasteiger partial charge >= 0.3 is 6.09 Å². The van der Waals surface area contributed by atoms with Crippen LogP contribution in [0.25, 0.3) is 10.9 Å². The third-order valence-corrected chi connectivity index (χ3v) is 5.70. The second-order valence-electron chi connectivity index (χ2n) is 9.12.